The molecule has 2 aromatic rings. The summed E-state index contributed by atoms with van der Waals surface area (Å²) in [5.74, 6) is 1.48. The van der Waals surface area contributed by atoms with Crippen LogP contribution in [0, 0.1) is 0 Å². The molecule has 0 fully saturated rings. The van der Waals surface area contributed by atoms with Crippen LogP contribution < -0.4 is 4.90 Å². The van der Waals surface area contributed by atoms with E-state index in [0.29, 0.717) is 12.4 Å². The Hall–Kier alpha value is -1.86. The minimum Gasteiger partial charge on any atom is -0.385 e. The summed E-state index contributed by atoms with van der Waals surface area (Å²) in [6.45, 7) is 5.76. The van der Waals surface area contributed by atoms with Gasteiger partial charge in [-0.2, -0.15) is 0 Å². The minimum absolute atomic E-state index is 0.126. The lowest BCUT2D eigenvalue weighted by atomic mass is 10.1. The summed E-state index contributed by atoms with van der Waals surface area (Å²) in [6.07, 6.45) is 3.74. The van der Waals surface area contributed by atoms with E-state index in [1.54, 1.807) is 7.11 Å². The Balaban J connectivity index is 1.68. The Morgan fingerprint density at radius 1 is 1.33 bits per heavy atom. The molecule has 0 bridgehead atoms. The number of methoxy groups -OCH3 is 1. The van der Waals surface area contributed by atoms with Crippen LogP contribution in [0.1, 0.15) is 38.1 Å². The largest absolute Gasteiger partial charge is 0.385 e. The molecule has 27 heavy (non-hydrogen) atoms. The van der Waals surface area contributed by atoms with Crippen LogP contribution in [-0.2, 0) is 28.9 Å². The summed E-state index contributed by atoms with van der Waals surface area (Å²) in [6, 6.07) is 8.37. The third-order valence-electron chi connectivity index (χ3n) is 4.80. The molecule has 1 aliphatic heterocycles. The summed E-state index contributed by atoms with van der Waals surface area (Å²) < 4.78 is 7.31. The highest BCUT2D eigenvalue weighted by Gasteiger charge is 2.30. The second-order valence-electron chi connectivity index (χ2n) is 6.88. The summed E-state index contributed by atoms with van der Waals surface area (Å²) in [4.78, 5) is 14.9. The SMILES string of the molecule is CCCc1nnc(SCC(=O)N2c3ccccc3CC2C)n1CCCOC. The van der Waals surface area contributed by atoms with E-state index >= 15 is 0 Å². The van der Waals surface area contributed by atoms with Gasteiger partial charge in [0.25, 0.3) is 0 Å². The fourth-order valence-corrected chi connectivity index (χ4v) is 4.41. The highest BCUT2D eigenvalue weighted by Crippen LogP contribution is 2.32. The van der Waals surface area contributed by atoms with E-state index in [4.69, 9.17) is 4.74 Å². The molecule has 1 aliphatic rings. The number of anilines is 1. The molecular weight excluding hydrogens is 360 g/mol. The van der Waals surface area contributed by atoms with Crippen molar-refractivity contribution in [3.8, 4) is 0 Å². The number of hydrogen-bond acceptors (Lipinski definition) is 5. The number of carbonyl (C=O) groups excluding carboxylic acids is 1. The van der Waals surface area contributed by atoms with E-state index < -0.39 is 0 Å². The number of carbonyl (C=O) groups is 1. The molecule has 2 heterocycles. The zero-order chi connectivity index (χ0) is 19.2. The number of amides is 1. The zero-order valence-electron chi connectivity index (χ0n) is 16.4. The maximum Gasteiger partial charge on any atom is 0.237 e. The van der Waals surface area contributed by atoms with Crippen molar-refractivity contribution in [3.05, 3.63) is 35.7 Å². The lowest BCUT2D eigenvalue weighted by molar-refractivity contribution is -0.116. The highest BCUT2D eigenvalue weighted by atomic mass is 32.2. The Morgan fingerprint density at radius 3 is 2.93 bits per heavy atom. The zero-order valence-corrected chi connectivity index (χ0v) is 17.2. The Morgan fingerprint density at radius 2 is 2.15 bits per heavy atom. The number of ether oxygens (including phenoxy) is 1. The lowest BCUT2D eigenvalue weighted by Crippen LogP contribution is -2.37. The molecule has 7 heteroatoms. The van der Waals surface area contributed by atoms with E-state index in [-0.39, 0.29) is 11.9 Å². The number of fused-ring (bicyclic) bond motifs is 1. The number of aryl methyl sites for hydroxylation is 1. The maximum atomic E-state index is 12.9. The standard InChI is InChI=1S/C20H28N4O2S/c1-4-8-18-21-22-20(23(18)11-7-12-26-3)27-14-19(25)24-15(2)13-16-9-5-6-10-17(16)24/h5-6,9-10,15H,4,7-8,11-14H2,1-3H3. The molecule has 1 aromatic carbocycles. The van der Waals surface area contributed by atoms with Crippen molar-refractivity contribution in [3.63, 3.8) is 0 Å². The van der Waals surface area contributed by atoms with Gasteiger partial charge in [0.1, 0.15) is 5.82 Å². The number of nitrogens with zero attached hydrogens (tertiary/aromatic N) is 4. The summed E-state index contributed by atoms with van der Waals surface area (Å²) in [5.41, 5.74) is 2.29. The summed E-state index contributed by atoms with van der Waals surface area (Å²) in [5, 5.41) is 9.50. The van der Waals surface area contributed by atoms with Crippen molar-refractivity contribution in [2.75, 3.05) is 24.4 Å². The second kappa shape index (κ2) is 9.37. The Bertz CT molecular complexity index is 777. The number of thioether (sulfide) groups is 1. The van der Waals surface area contributed by atoms with Gasteiger partial charge in [-0.3, -0.25) is 4.79 Å². The molecule has 1 aromatic heterocycles. The van der Waals surface area contributed by atoms with Gasteiger partial charge in [-0.15, -0.1) is 10.2 Å². The lowest BCUT2D eigenvalue weighted by Gasteiger charge is -2.22. The van der Waals surface area contributed by atoms with Crippen molar-refractivity contribution < 1.29 is 9.53 Å². The van der Waals surface area contributed by atoms with E-state index in [0.717, 1.165) is 48.9 Å². The summed E-state index contributed by atoms with van der Waals surface area (Å²) in [7, 11) is 1.71. The van der Waals surface area contributed by atoms with E-state index in [9.17, 15) is 4.79 Å². The van der Waals surface area contributed by atoms with Crippen LogP contribution in [0.2, 0.25) is 0 Å². The topological polar surface area (TPSA) is 60.2 Å². The predicted molar refractivity (Wildman–Crippen MR) is 108 cm³/mol. The average molecular weight is 389 g/mol. The molecule has 0 aliphatic carbocycles. The first-order chi connectivity index (χ1) is 13.2. The smallest absolute Gasteiger partial charge is 0.237 e. The van der Waals surface area contributed by atoms with Gasteiger partial charge < -0.3 is 14.2 Å². The van der Waals surface area contributed by atoms with Gasteiger partial charge in [0.2, 0.25) is 5.91 Å². The van der Waals surface area contributed by atoms with Gasteiger partial charge in [-0.1, -0.05) is 36.9 Å². The first-order valence-electron chi connectivity index (χ1n) is 9.59. The predicted octanol–water partition coefficient (Wildman–Crippen LogP) is 3.34. The Kier molecular flexibility index (Phi) is 6.90. The third-order valence-corrected chi connectivity index (χ3v) is 5.75. The van der Waals surface area contributed by atoms with Gasteiger partial charge >= 0.3 is 0 Å². The quantitative estimate of drug-likeness (QED) is 0.487. The fraction of sp³-hybridized carbons (Fsp3) is 0.550. The normalized spacial score (nSPS) is 16.0. The van der Waals surface area contributed by atoms with Crippen molar-refractivity contribution in [1.29, 1.82) is 0 Å². The molecular formula is C20H28N4O2S. The third kappa shape index (κ3) is 4.52. The summed E-state index contributed by atoms with van der Waals surface area (Å²) >= 11 is 1.48. The molecule has 6 nitrogen and oxygen atoms in total. The molecule has 0 saturated heterocycles. The average Bonchev–Trinajstić information content (AvgIpc) is 3.20. The first-order valence-corrected chi connectivity index (χ1v) is 10.6. The minimum atomic E-state index is 0.126. The molecule has 146 valence electrons. The highest BCUT2D eigenvalue weighted by molar-refractivity contribution is 7.99. The van der Waals surface area contributed by atoms with E-state index in [2.05, 4.69) is 34.7 Å². The number of benzene rings is 1. The molecule has 1 unspecified atom stereocenters. The van der Waals surface area contributed by atoms with Crippen LogP contribution in [0.15, 0.2) is 29.4 Å². The Labute approximate surface area is 165 Å². The van der Waals surface area contributed by atoms with Crippen LogP contribution in [0.5, 0.6) is 0 Å². The number of aromatic nitrogens is 3. The maximum absolute atomic E-state index is 12.9. The van der Waals surface area contributed by atoms with Crippen LogP contribution >= 0.6 is 11.8 Å². The molecule has 3 rings (SSSR count). The van der Waals surface area contributed by atoms with Crippen LogP contribution in [0.3, 0.4) is 0 Å². The number of para-hydroxylation sites is 1. The van der Waals surface area contributed by atoms with Crippen molar-refractivity contribution in [2.24, 2.45) is 0 Å². The van der Waals surface area contributed by atoms with Crippen molar-refractivity contribution in [1.82, 2.24) is 14.8 Å². The van der Waals surface area contributed by atoms with Gasteiger partial charge in [0.05, 0.1) is 5.75 Å². The molecule has 1 atom stereocenters. The molecule has 0 radical (unpaired) electrons. The number of hydrogen-bond donors (Lipinski definition) is 0. The molecule has 0 saturated carbocycles. The fourth-order valence-electron chi connectivity index (χ4n) is 3.57. The van der Waals surface area contributed by atoms with Crippen molar-refractivity contribution in [2.45, 2.75) is 57.3 Å². The van der Waals surface area contributed by atoms with Gasteiger partial charge in [0.15, 0.2) is 5.16 Å². The second-order valence-corrected chi connectivity index (χ2v) is 7.82. The van der Waals surface area contributed by atoms with Crippen LogP contribution in [0.4, 0.5) is 5.69 Å². The van der Waals surface area contributed by atoms with Crippen LogP contribution in [-0.4, -0.2) is 46.2 Å². The van der Waals surface area contributed by atoms with Gasteiger partial charge in [0, 0.05) is 38.4 Å². The molecule has 0 spiro atoms. The van der Waals surface area contributed by atoms with E-state index in [1.165, 1.54) is 17.3 Å². The molecule has 0 N–H and O–H groups in total. The molecule has 1 amide bonds. The number of rotatable bonds is 9. The van der Waals surface area contributed by atoms with Crippen molar-refractivity contribution >= 4 is 23.4 Å². The van der Waals surface area contributed by atoms with Crippen LogP contribution in [0.25, 0.3) is 0 Å². The monoisotopic (exact) mass is 388 g/mol. The van der Waals surface area contributed by atoms with Gasteiger partial charge in [-0.25, -0.2) is 0 Å². The first kappa shape index (κ1) is 19.9. The van der Waals surface area contributed by atoms with E-state index in [1.807, 2.05) is 23.1 Å². The van der Waals surface area contributed by atoms with Gasteiger partial charge in [-0.05, 0) is 37.8 Å².